The Morgan fingerprint density at radius 1 is 0.510 bits per heavy atom. The number of nitrogens with one attached hydrogen (secondary N) is 4. The van der Waals surface area contributed by atoms with Crippen LogP contribution in [0.3, 0.4) is 0 Å². The van der Waals surface area contributed by atoms with E-state index in [1.165, 1.54) is 72.8 Å². The van der Waals surface area contributed by atoms with Crippen molar-refractivity contribution >= 4 is 55.4 Å². The Kier molecular flexibility index (Phi) is 11.7. The summed E-state index contributed by atoms with van der Waals surface area (Å²) in [5, 5.41) is 4.77. The van der Waals surface area contributed by atoms with E-state index in [1.807, 2.05) is 9.44 Å². The van der Waals surface area contributed by atoms with Crippen molar-refractivity contribution in [2.45, 2.75) is 30.1 Å². The van der Waals surface area contributed by atoms with Crippen molar-refractivity contribution in [3.05, 3.63) is 119 Å². The van der Waals surface area contributed by atoms with Crippen molar-refractivity contribution in [3.63, 3.8) is 0 Å². The van der Waals surface area contributed by atoms with Crippen molar-refractivity contribution in [1.29, 1.82) is 0 Å². The van der Waals surface area contributed by atoms with Gasteiger partial charge in [-0.2, -0.15) is 0 Å². The maximum absolute atomic E-state index is 12.4. The SMILES string of the molecule is Cc1ccc(S(=O)(=O)NC(=O)Nc2ccc(C(=O)OCCCOC(=O)c3ccc(NC(=O)NS(=O)(=O)c4ccc(C)cc4)cc3)cc2)cc1. The first-order valence-electron chi connectivity index (χ1n) is 14.6. The van der Waals surface area contributed by atoms with Crippen LogP contribution in [0.25, 0.3) is 0 Å². The Bertz CT molecular complexity index is 1880. The minimum atomic E-state index is -4.07. The van der Waals surface area contributed by atoms with E-state index in [1.54, 1.807) is 38.1 Å². The minimum absolute atomic E-state index is 0.0607. The van der Waals surface area contributed by atoms with Crippen LogP contribution in [0.1, 0.15) is 38.3 Å². The van der Waals surface area contributed by atoms with Crippen LogP contribution in [0.15, 0.2) is 107 Å². The largest absolute Gasteiger partial charge is 0.462 e. The number of hydrogen-bond donors (Lipinski definition) is 4. The molecule has 0 saturated heterocycles. The van der Waals surface area contributed by atoms with Gasteiger partial charge in [-0.25, -0.2) is 45.5 Å². The van der Waals surface area contributed by atoms with E-state index < -0.39 is 44.0 Å². The lowest BCUT2D eigenvalue weighted by Crippen LogP contribution is -2.34. The van der Waals surface area contributed by atoms with Crippen LogP contribution in [0.2, 0.25) is 0 Å². The number of rotatable bonds is 12. The van der Waals surface area contributed by atoms with Gasteiger partial charge in [0.25, 0.3) is 20.0 Å². The van der Waals surface area contributed by atoms with Crippen LogP contribution in [-0.2, 0) is 29.5 Å². The van der Waals surface area contributed by atoms with Gasteiger partial charge >= 0.3 is 24.0 Å². The molecule has 0 aromatic heterocycles. The first-order chi connectivity index (χ1) is 23.2. The van der Waals surface area contributed by atoms with Gasteiger partial charge in [0.15, 0.2) is 0 Å². The van der Waals surface area contributed by atoms with Crippen LogP contribution in [0, 0.1) is 13.8 Å². The van der Waals surface area contributed by atoms with Crippen molar-refractivity contribution in [2.75, 3.05) is 23.8 Å². The van der Waals surface area contributed by atoms with E-state index in [9.17, 15) is 36.0 Å². The van der Waals surface area contributed by atoms with Crippen molar-refractivity contribution in [2.24, 2.45) is 0 Å². The Labute approximate surface area is 282 Å². The molecule has 4 aromatic rings. The van der Waals surface area contributed by atoms with Crippen LogP contribution in [-0.4, -0.2) is 54.1 Å². The molecular weight excluding hydrogens is 677 g/mol. The third-order valence-corrected chi connectivity index (χ3v) is 9.32. The number of carbonyl (C=O) groups is 4. The number of ether oxygens (including phenoxy) is 2. The number of amides is 4. The molecule has 14 nitrogen and oxygen atoms in total. The summed E-state index contributed by atoms with van der Waals surface area (Å²) in [5.74, 6) is -1.33. The van der Waals surface area contributed by atoms with Gasteiger partial charge in [-0.05, 0) is 86.6 Å². The maximum atomic E-state index is 12.4. The molecule has 0 heterocycles. The van der Waals surface area contributed by atoms with E-state index in [4.69, 9.17) is 9.47 Å². The highest BCUT2D eigenvalue weighted by atomic mass is 32.2. The number of benzene rings is 4. The summed E-state index contributed by atoms with van der Waals surface area (Å²) in [6.45, 7) is 3.48. The molecule has 0 radical (unpaired) electrons. The van der Waals surface area contributed by atoms with Gasteiger partial charge in [-0.1, -0.05) is 35.4 Å². The first kappa shape index (κ1) is 36.1. The molecule has 0 unspecified atom stereocenters. The summed E-state index contributed by atoms with van der Waals surface area (Å²) in [6.07, 6.45) is 0.196. The highest BCUT2D eigenvalue weighted by Crippen LogP contribution is 2.15. The number of anilines is 2. The molecule has 0 saturated carbocycles. The van der Waals surface area contributed by atoms with Gasteiger partial charge < -0.3 is 20.1 Å². The van der Waals surface area contributed by atoms with Gasteiger partial charge in [-0.3, -0.25) is 0 Å². The number of carbonyl (C=O) groups excluding carboxylic acids is 4. The molecule has 4 amide bonds. The highest BCUT2D eigenvalue weighted by molar-refractivity contribution is 7.90. The summed E-state index contributed by atoms with van der Waals surface area (Å²) in [5.41, 5.74) is 2.54. The second kappa shape index (κ2) is 15.9. The number of hydrogen-bond acceptors (Lipinski definition) is 10. The standard InChI is InChI=1S/C33H32N4O10S2/c1-22-4-16-28(17-5-22)48(42,43)36-32(40)34-26-12-8-24(9-13-26)30(38)46-20-3-21-47-31(39)25-10-14-27(15-11-25)35-33(41)37-49(44,45)29-18-6-23(2)7-19-29/h4-19H,3,20-21H2,1-2H3,(H2,34,36,40)(H2,35,37,41). The van der Waals surface area contributed by atoms with Crippen LogP contribution < -0.4 is 20.1 Å². The average Bonchev–Trinajstić information content (AvgIpc) is 3.05. The molecule has 4 rings (SSSR count). The third-order valence-electron chi connectivity index (χ3n) is 6.63. The number of sulfonamides is 2. The summed E-state index contributed by atoms with van der Waals surface area (Å²) < 4.78 is 63.7. The van der Waals surface area contributed by atoms with E-state index in [2.05, 4.69) is 10.6 Å². The lowest BCUT2D eigenvalue weighted by molar-refractivity contribution is 0.0395. The molecule has 4 aromatic carbocycles. The van der Waals surface area contributed by atoms with Gasteiger partial charge in [0.05, 0.1) is 34.1 Å². The molecule has 0 aliphatic carbocycles. The summed E-state index contributed by atoms with van der Waals surface area (Å²) in [6, 6.07) is 21.1. The van der Waals surface area contributed by atoms with Gasteiger partial charge in [-0.15, -0.1) is 0 Å². The zero-order chi connectivity index (χ0) is 35.6. The summed E-state index contributed by atoms with van der Waals surface area (Å²) in [4.78, 5) is 49.0. The zero-order valence-electron chi connectivity index (χ0n) is 26.3. The molecule has 256 valence electrons. The molecule has 4 N–H and O–H groups in total. The monoisotopic (exact) mass is 708 g/mol. The lowest BCUT2D eigenvalue weighted by Gasteiger charge is -2.10. The zero-order valence-corrected chi connectivity index (χ0v) is 27.9. The molecule has 0 fully saturated rings. The van der Waals surface area contributed by atoms with Crippen LogP contribution >= 0.6 is 0 Å². The quantitative estimate of drug-likeness (QED) is 0.118. The maximum Gasteiger partial charge on any atom is 0.338 e. The van der Waals surface area contributed by atoms with Crippen molar-refractivity contribution in [1.82, 2.24) is 9.44 Å². The van der Waals surface area contributed by atoms with E-state index in [0.29, 0.717) is 0 Å². The molecule has 0 spiro atoms. The molecule has 16 heteroatoms. The summed E-state index contributed by atoms with van der Waals surface area (Å²) >= 11 is 0. The second-order valence-corrected chi connectivity index (χ2v) is 13.9. The predicted molar refractivity (Wildman–Crippen MR) is 179 cm³/mol. The van der Waals surface area contributed by atoms with Gasteiger partial charge in [0, 0.05) is 17.8 Å². The molecule has 0 aliphatic heterocycles. The molecular formula is C33H32N4O10S2. The molecule has 0 aliphatic rings. The number of urea groups is 2. The first-order valence-corrected chi connectivity index (χ1v) is 17.5. The van der Waals surface area contributed by atoms with Gasteiger partial charge in [0.2, 0.25) is 0 Å². The van der Waals surface area contributed by atoms with E-state index >= 15 is 0 Å². The normalized spacial score (nSPS) is 11.1. The van der Waals surface area contributed by atoms with E-state index in [-0.39, 0.29) is 51.9 Å². The van der Waals surface area contributed by atoms with Crippen LogP contribution in [0.5, 0.6) is 0 Å². The average molecular weight is 709 g/mol. The van der Waals surface area contributed by atoms with Crippen molar-refractivity contribution < 1.29 is 45.5 Å². The minimum Gasteiger partial charge on any atom is -0.462 e. The molecule has 49 heavy (non-hydrogen) atoms. The topological polar surface area (TPSA) is 203 Å². The Hall–Kier alpha value is -5.74. The Morgan fingerprint density at radius 2 is 0.837 bits per heavy atom. The fourth-order valence-corrected chi connectivity index (χ4v) is 5.86. The summed E-state index contributed by atoms with van der Waals surface area (Å²) in [7, 11) is -8.15. The fourth-order valence-electron chi connectivity index (χ4n) is 4.04. The molecule has 0 atom stereocenters. The van der Waals surface area contributed by atoms with Crippen molar-refractivity contribution in [3.8, 4) is 0 Å². The Morgan fingerprint density at radius 3 is 1.16 bits per heavy atom. The predicted octanol–water partition coefficient (Wildman–Crippen LogP) is 4.73. The number of aryl methyl sites for hydroxylation is 2. The lowest BCUT2D eigenvalue weighted by atomic mass is 10.2. The van der Waals surface area contributed by atoms with Crippen LogP contribution in [0.4, 0.5) is 21.0 Å². The third kappa shape index (κ3) is 10.6. The highest BCUT2D eigenvalue weighted by Gasteiger charge is 2.19. The smallest absolute Gasteiger partial charge is 0.338 e. The van der Waals surface area contributed by atoms with E-state index in [0.717, 1.165) is 11.1 Å². The Balaban J connectivity index is 1.15. The van der Waals surface area contributed by atoms with Gasteiger partial charge in [0.1, 0.15) is 0 Å². The second-order valence-electron chi connectivity index (χ2n) is 10.5. The molecule has 0 bridgehead atoms. The fraction of sp³-hybridized carbons (Fsp3) is 0.152. The number of esters is 2.